The van der Waals surface area contributed by atoms with Crippen molar-refractivity contribution in [1.82, 2.24) is 9.97 Å². The standard InChI is InChI=1S/C21H27ClN6O/c1-13(25-15-3-4-15)18(11-23)27-20-24-12-14-9-16(22)19(10-17(14)26-20)28-7-5-21(2,29)6-8-28/h9-12,15,29H,3-8,23H2,1-2H3,(H,24,26,27)/b18-11+,25-13?. The van der Waals surface area contributed by atoms with Crippen molar-refractivity contribution in [1.29, 1.82) is 0 Å². The minimum atomic E-state index is -0.607. The molecule has 0 amide bonds. The van der Waals surface area contributed by atoms with Gasteiger partial charge >= 0.3 is 0 Å². The second-order valence-corrected chi connectivity index (χ2v) is 8.60. The number of fused-ring (bicyclic) bond motifs is 1. The summed E-state index contributed by atoms with van der Waals surface area (Å²) in [6.07, 6.45) is 6.95. The molecule has 154 valence electrons. The SMILES string of the molecule is CC(=NC1CC1)/C(=C\N)Nc1ncc2cc(Cl)c(N3CCC(C)(O)CC3)cc2n1. The highest BCUT2D eigenvalue weighted by atomic mass is 35.5. The van der Waals surface area contributed by atoms with Crippen molar-refractivity contribution in [2.75, 3.05) is 23.3 Å². The van der Waals surface area contributed by atoms with Crippen molar-refractivity contribution in [2.45, 2.75) is 51.2 Å². The van der Waals surface area contributed by atoms with E-state index in [1.165, 1.54) is 6.20 Å². The van der Waals surface area contributed by atoms with E-state index in [1.54, 1.807) is 6.20 Å². The molecule has 1 saturated carbocycles. The van der Waals surface area contributed by atoms with E-state index in [4.69, 9.17) is 17.3 Å². The van der Waals surface area contributed by atoms with Crippen LogP contribution in [0.15, 0.2) is 35.2 Å². The second-order valence-electron chi connectivity index (χ2n) is 8.19. The van der Waals surface area contributed by atoms with E-state index in [1.807, 2.05) is 26.0 Å². The summed E-state index contributed by atoms with van der Waals surface area (Å²) in [6.45, 7) is 5.33. The van der Waals surface area contributed by atoms with E-state index in [0.717, 1.165) is 48.2 Å². The van der Waals surface area contributed by atoms with E-state index in [0.29, 0.717) is 35.6 Å². The Morgan fingerprint density at radius 1 is 1.38 bits per heavy atom. The third-order valence-electron chi connectivity index (χ3n) is 5.56. The number of nitrogens with one attached hydrogen (secondary N) is 1. The van der Waals surface area contributed by atoms with Crippen LogP contribution in [0.25, 0.3) is 10.9 Å². The number of hydrogen-bond acceptors (Lipinski definition) is 7. The number of nitrogens with zero attached hydrogens (tertiary/aromatic N) is 4. The molecule has 2 fully saturated rings. The molecule has 1 aromatic heterocycles. The summed E-state index contributed by atoms with van der Waals surface area (Å²) in [5, 5.41) is 14.9. The molecule has 1 aliphatic carbocycles. The van der Waals surface area contributed by atoms with Crippen LogP contribution < -0.4 is 16.0 Å². The summed E-state index contributed by atoms with van der Waals surface area (Å²) in [5.41, 5.74) is 8.48. The lowest BCUT2D eigenvalue weighted by atomic mass is 9.93. The molecule has 7 nitrogen and oxygen atoms in total. The fraction of sp³-hybridized carbons (Fsp3) is 0.476. The Bertz CT molecular complexity index is 973. The predicted octanol–water partition coefficient (Wildman–Crippen LogP) is 3.47. The van der Waals surface area contributed by atoms with Gasteiger partial charge in [0.1, 0.15) is 0 Å². The van der Waals surface area contributed by atoms with Crippen LogP contribution in [0.3, 0.4) is 0 Å². The lowest BCUT2D eigenvalue weighted by Crippen LogP contribution is -2.42. The Balaban J connectivity index is 1.59. The van der Waals surface area contributed by atoms with Crippen molar-refractivity contribution in [3.8, 4) is 0 Å². The highest BCUT2D eigenvalue weighted by Gasteiger charge is 2.28. The highest BCUT2D eigenvalue weighted by molar-refractivity contribution is 6.34. The van der Waals surface area contributed by atoms with Crippen molar-refractivity contribution in [2.24, 2.45) is 10.7 Å². The lowest BCUT2D eigenvalue weighted by molar-refractivity contribution is 0.0351. The number of aliphatic hydroxyl groups is 1. The molecule has 0 bridgehead atoms. The summed E-state index contributed by atoms with van der Waals surface area (Å²) in [4.78, 5) is 15.9. The molecule has 8 heteroatoms. The van der Waals surface area contributed by atoms with Crippen LogP contribution in [0, 0.1) is 0 Å². The fourth-order valence-electron chi connectivity index (χ4n) is 3.49. The summed E-state index contributed by atoms with van der Waals surface area (Å²) in [7, 11) is 0. The van der Waals surface area contributed by atoms with Crippen molar-refractivity contribution in [3.05, 3.63) is 35.2 Å². The van der Waals surface area contributed by atoms with Gasteiger partial charge < -0.3 is 21.1 Å². The molecule has 1 aromatic carbocycles. The molecule has 0 unspecified atom stereocenters. The third kappa shape index (κ3) is 4.62. The summed E-state index contributed by atoms with van der Waals surface area (Å²) in [5.74, 6) is 0.467. The zero-order valence-electron chi connectivity index (χ0n) is 16.8. The average Bonchev–Trinajstić information content (AvgIpc) is 3.50. The summed E-state index contributed by atoms with van der Waals surface area (Å²) < 4.78 is 0. The van der Waals surface area contributed by atoms with E-state index in [9.17, 15) is 5.11 Å². The van der Waals surface area contributed by atoms with Crippen LogP contribution >= 0.6 is 11.6 Å². The zero-order valence-corrected chi connectivity index (χ0v) is 17.6. The van der Waals surface area contributed by atoms with Gasteiger partial charge in [0, 0.05) is 30.9 Å². The Hall–Kier alpha value is -2.38. The highest BCUT2D eigenvalue weighted by Crippen LogP contribution is 2.34. The number of rotatable bonds is 5. The van der Waals surface area contributed by atoms with Gasteiger partial charge in [0.05, 0.1) is 39.3 Å². The largest absolute Gasteiger partial charge is 0.403 e. The third-order valence-corrected chi connectivity index (χ3v) is 5.86. The van der Waals surface area contributed by atoms with Gasteiger partial charge in [-0.3, -0.25) is 4.99 Å². The maximum atomic E-state index is 10.2. The topological polar surface area (TPSA) is 99.7 Å². The van der Waals surface area contributed by atoms with Crippen molar-refractivity contribution >= 4 is 39.9 Å². The number of hydrogen-bond donors (Lipinski definition) is 3. The number of allylic oxidation sites excluding steroid dienone is 1. The molecule has 1 saturated heterocycles. The van der Waals surface area contributed by atoms with Crippen LogP contribution in [0.2, 0.25) is 5.02 Å². The lowest BCUT2D eigenvalue weighted by Gasteiger charge is -2.37. The smallest absolute Gasteiger partial charge is 0.227 e. The number of piperidine rings is 1. The molecule has 29 heavy (non-hydrogen) atoms. The first-order valence-corrected chi connectivity index (χ1v) is 10.4. The van der Waals surface area contributed by atoms with Crippen LogP contribution in [-0.4, -0.2) is 45.5 Å². The van der Waals surface area contributed by atoms with Crippen molar-refractivity contribution < 1.29 is 5.11 Å². The predicted molar refractivity (Wildman–Crippen MR) is 119 cm³/mol. The van der Waals surface area contributed by atoms with Crippen LogP contribution in [0.4, 0.5) is 11.6 Å². The average molecular weight is 415 g/mol. The number of aromatic nitrogens is 2. The van der Waals surface area contributed by atoms with Gasteiger partial charge in [-0.25, -0.2) is 9.97 Å². The van der Waals surface area contributed by atoms with Gasteiger partial charge in [-0.15, -0.1) is 0 Å². The Morgan fingerprint density at radius 2 is 2.10 bits per heavy atom. The first kappa shape index (κ1) is 19.9. The van der Waals surface area contributed by atoms with Gasteiger partial charge in [0.15, 0.2) is 0 Å². The zero-order chi connectivity index (χ0) is 20.6. The monoisotopic (exact) mass is 414 g/mol. The van der Waals surface area contributed by atoms with Gasteiger partial charge in [0.25, 0.3) is 0 Å². The molecule has 2 aliphatic rings. The fourth-order valence-corrected chi connectivity index (χ4v) is 3.78. The quantitative estimate of drug-likeness (QED) is 0.648. The van der Waals surface area contributed by atoms with Crippen LogP contribution in [0.5, 0.6) is 0 Å². The van der Waals surface area contributed by atoms with E-state index >= 15 is 0 Å². The Morgan fingerprint density at radius 3 is 2.76 bits per heavy atom. The van der Waals surface area contributed by atoms with Gasteiger partial charge in [-0.2, -0.15) is 0 Å². The number of aliphatic imine (C=N–C) groups is 1. The molecular weight excluding hydrogens is 388 g/mol. The molecule has 2 aromatic rings. The van der Waals surface area contributed by atoms with Crippen LogP contribution in [0.1, 0.15) is 39.5 Å². The molecular formula is C21H27ClN6O. The molecule has 0 radical (unpaired) electrons. The number of benzene rings is 1. The Kier molecular flexibility index (Phi) is 5.36. The minimum absolute atomic E-state index is 0.416. The van der Waals surface area contributed by atoms with Gasteiger partial charge in [-0.05, 0) is 51.7 Å². The molecule has 4 N–H and O–H groups in total. The maximum absolute atomic E-state index is 10.2. The van der Waals surface area contributed by atoms with E-state index < -0.39 is 5.60 Å². The van der Waals surface area contributed by atoms with E-state index in [-0.39, 0.29) is 0 Å². The van der Waals surface area contributed by atoms with E-state index in [2.05, 4.69) is 25.2 Å². The first-order chi connectivity index (χ1) is 13.8. The molecule has 0 spiro atoms. The molecule has 1 aliphatic heterocycles. The molecule has 2 heterocycles. The first-order valence-electron chi connectivity index (χ1n) is 10.0. The number of nitrogens with two attached hydrogens (primary N) is 1. The molecule has 4 rings (SSSR count). The molecule has 0 atom stereocenters. The number of halogens is 1. The Labute approximate surface area is 175 Å². The summed E-state index contributed by atoms with van der Waals surface area (Å²) >= 11 is 6.53. The van der Waals surface area contributed by atoms with Crippen molar-refractivity contribution in [3.63, 3.8) is 0 Å². The number of anilines is 2. The second kappa shape index (κ2) is 7.80. The maximum Gasteiger partial charge on any atom is 0.227 e. The van der Waals surface area contributed by atoms with Crippen LogP contribution in [-0.2, 0) is 0 Å². The normalized spacial score (nSPS) is 20.2. The summed E-state index contributed by atoms with van der Waals surface area (Å²) in [6, 6.07) is 4.29. The van der Waals surface area contributed by atoms with Gasteiger partial charge in [-0.1, -0.05) is 11.6 Å². The minimum Gasteiger partial charge on any atom is -0.403 e. The van der Waals surface area contributed by atoms with Gasteiger partial charge in [0.2, 0.25) is 5.95 Å².